The molecule has 0 aliphatic rings. The van der Waals surface area contributed by atoms with Gasteiger partial charge in [-0.15, -0.1) is 47.2 Å². The van der Waals surface area contributed by atoms with Gasteiger partial charge >= 0.3 is 0 Å². The number of benzene rings is 3. The molecule has 0 N–H and O–H groups in total. The van der Waals surface area contributed by atoms with Gasteiger partial charge in [0, 0.05) is 65.8 Å². The third-order valence-corrected chi connectivity index (χ3v) is 7.43. The van der Waals surface area contributed by atoms with E-state index in [1.807, 2.05) is 41.5 Å². The van der Waals surface area contributed by atoms with E-state index in [0.29, 0.717) is 5.69 Å². The maximum absolute atomic E-state index is 13.1. The van der Waals surface area contributed by atoms with Gasteiger partial charge in [0.05, 0.1) is 12.7 Å². The van der Waals surface area contributed by atoms with E-state index >= 15 is 0 Å². The van der Waals surface area contributed by atoms with E-state index in [9.17, 15) is 8.78 Å². The number of aromatic nitrogens is 5. The maximum atomic E-state index is 13.1. The number of pyridine rings is 1. The molecule has 0 aliphatic carbocycles. The van der Waals surface area contributed by atoms with Crippen LogP contribution in [0.2, 0.25) is 0 Å². The number of halogens is 2. The van der Waals surface area contributed by atoms with Crippen LogP contribution in [0.1, 0.15) is 0 Å². The smallest absolute Gasteiger partial charge is 0.128 e. The molecule has 9 heteroatoms. The predicted molar refractivity (Wildman–Crippen MR) is 151 cm³/mol. The minimum atomic E-state index is -0.899. The van der Waals surface area contributed by atoms with Gasteiger partial charge in [0.25, 0.3) is 0 Å². The van der Waals surface area contributed by atoms with E-state index in [2.05, 4.69) is 81.7 Å². The number of rotatable bonds is 3. The van der Waals surface area contributed by atoms with Crippen LogP contribution in [0.25, 0.3) is 53.8 Å². The minimum absolute atomic E-state index is 0. The summed E-state index contributed by atoms with van der Waals surface area (Å²) < 4.78 is 31.9. The second-order valence-corrected chi connectivity index (χ2v) is 10.1. The van der Waals surface area contributed by atoms with Crippen LogP contribution in [0.4, 0.5) is 8.78 Å². The van der Waals surface area contributed by atoms with Gasteiger partial charge < -0.3 is 9.13 Å². The van der Waals surface area contributed by atoms with Crippen molar-refractivity contribution in [3.63, 3.8) is 0 Å². The zero-order valence-electron chi connectivity index (χ0n) is 21.4. The normalized spacial score (nSPS) is 10.8. The van der Waals surface area contributed by atoms with Crippen LogP contribution in [0, 0.1) is 24.0 Å². The van der Waals surface area contributed by atoms with Gasteiger partial charge in [0.15, 0.2) is 0 Å². The third-order valence-electron chi connectivity index (χ3n) is 6.21. The second kappa shape index (κ2) is 11.6. The average Bonchev–Trinajstić information content (AvgIpc) is 3.67. The Balaban J connectivity index is 0.000000184. The molecule has 0 bridgehead atoms. The van der Waals surface area contributed by atoms with Crippen LogP contribution >= 0.6 is 11.3 Å². The molecule has 201 valence electrons. The molecule has 0 unspecified atom stereocenters. The standard InChI is InChI=1S/C22H15N2S.C9H6F2N3.Ir/c1-24-13-20(23-14-24)16-7-4-6-15(12-16)17-9-5-10-19-18-8-2-3-11-21(18)25-22(17)19;1-14-4-7(12-5-14)6-2-3-8(10)13-9(6)11;/h2-6,8-14H,1H3;3-5H,1H3;/q2*-1;. The number of hydrogen-bond acceptors (Lipinski definition) is 4. The fourth-order valence-electron chi connectivity index (χ4n) is 4.40. The second-order valence-electron chi connectivity index (χ2n) is 9.01. The monoisotopic (exact) mass is 726 g/mol. The van der Waals surface area contributed by atoms with Crippen molar-refractivity contribution >= 4 is 31.5 Å². The molecular formula is C31H21F2IrN5S-2. The van der Waals surface area contributed by atoms with Crippen molar-refractivity contribution in [1.82, 2.24) is 24.1 Å². The van der Waals surface area contributed by atoms with Crippen molar-refractivity contribution in [2.45, 2.75) is 0 Å². The molecule has 7 rings (SSSR count). The summed E-state index contributed by atoms with van der Waals surface area (Å²) in [5.41, 5.74) is 4.91. The Bertz CT molecular complexity index is 1940. The first-order chi connectivity index (χ1) is 19.0. The van der Waals surface area contributed by atoms with Gasteiger partial charge in [0.1, 0.15) is 11.9 Å². The number of hydrogen-bond donors (Lipinski definition) is 0. The summed E-state index contributed by atoms with van der Waals surface area (Å²) in [6, 6.07) is 28.2. The van der Waals surface area contributed by atoms with E-state index in [0.717, 1.165) is 17.3 Å². The van der Waals surface area contributed by atoms with Crippen LogP contribution in [-0.2, 0) is 34.2 Å². The van der Waals surface area contributed by atoms with Gasteiger partial charge in [-0.2, -0.15) is 0 Å². The van der Waals surface area contributed by atoms with E-state index < -0.39 is 11.9 Å². The first kappa shape index (κ1) is 27.5. The van der Waals surface area contributed by atoms with Crippen LogP contribution in [0.15, 0.2) is 91.8 Å². The molecule has 0 saturated carbocycles. The predicted octanol–water partition coefficient (Wildman–Crippen LogP) is 7.48. The van der Waals surface area contributed by atoms with Crippen molar-refractivity contribution in [2.24, 2.45) is 14.1 Å². The van der Waals surface area contributed by atoms with Crippen molar-refractivity contribution in [3.8, 4) is 33.6 Å². The quantitative estimate of drug-likeness (QED) is 0.140. The molecule has 1 radical (unpaired) electrons. The van der Waals surface area contributed by atoms with Crippen LogP contribution < -0.4 is 0 Å². The molecule has 4 aromatic heterocycles. The fourth-order valence-corrected chi connectivity index (χ4v) is 5.64. The molecule has 0 aliphatic heterocycles. The Labute approximate surface area is 247 Å². The van der Waals surface area contributed by atoms with E-state index in [4.69, 9.17) is 0 Å². The van der Waals surface area contributed by atoms with Gasteiger partial charge in [-0.1, -0.05) is 53.6 Å². The molecule has 4 heterocycles. The zero-order chi connectivity index (χ0) is 26.9. The molecule has 0 spiro atoms. The first-order valence-electron chi connectivity index (χ1n) is 12.1. The zero-order valence-corrected chi connectivity index (χ0v) is 24.6. The van der Waals surface area contributed by atoms with E-state index in [-0.39, 0.29) is 25.7 Å². The SMILES string of the molecule is Cn1cnc(-c2[c-]cc(F)nc2F)c1.Cn1cnc(-c2[c-]ccc(-c3cccc4c3sc3ccccc34)c2)c1.[Ir]. The van der Waals surface area contributed by atoms with Gasteiger partial charge in [-0.05, 0) is 24.0 Å². The topological polar surface area (TPSA) is 48.5 Å². The third kappa shape index (κ3) is 5.49. The molecule has 5 nitrogen and oxygen atoms in total. The number of aryl methyl sites for hydroxylation is 2. The van der Waals surface area contributed by atoms with Gasteiger partial charge in [-0.3, -0.25) is 15.0 Å². The Morgan fingerprint density at radius 1 is 0.825 bits per heavy atom. The summed E-state index contributed by atoms with van der Waals surface area (Å²) in [7, 11) is 3.74. The Hall–Kier alpha value is -4.04. The Kier molecular flexibility index (Phi) is 7.98. The Morgan fingerprint density at radius 3 is 2.27 bits per heavy atom. The van der Waals surface area contributed by atoms with E-state index in [1.165, 1.54) is 37.6 Å². The molecule has 0 fully saturated rings. The van der Waals surface area contributed by atoms with Crippen LogP contribution in [-0.4, -0.2) is 24.1 Å². The number of fused-ring (bicyclic) bond motifs is 3. The first-order valence-corrected chi connectivity index (χ1v) is 12.9. The molecule has 3 aromatic carbocycles. The largest absolute Gasteiger partial charge is 0.350 e. The van der Waals surface area contributed by atoms with Crippen LogP contribution in [0.3, 0.4) is 0 Å². The van der Waals surface area contributed by atoms with Crippen molar-refractivity contribution < 1.29 is 28.9 Å². The average molecular weight is 726 g/mol. The van der Waals surface area contributed by atoms with Crippen molar-refractivity contribution in [1.29, 1.82) is 0 Å². The summed E-state index contributed by atoms with van der Waals surface area (Å²) >= 11 is 1.86. The molecule has 0 amide bonds. The van der Waals surface area contributed by atoms with Crippen molar-refractivity contribution in [3.05, 3.63) is 116 Å². The maximum Gasteiger partial charge on any atom is 0.128 e. The van der Waals surface area contributed by atoms with Gasteiger partial charge in [-0.25, -0.2) is 8.78 Å². The molecule has 0 atom stereocenters. The fraction of sp³-hybridized carbons (Fsp3) is 0.0645. The summed E-state index contributed by atoms with van der Waals surface area (Å²) in [6.07, 6.45) is 6.97. The Morgan fingerprint density at radius 2 is 1.55 bits per heavy atom. The molecule has 0 saturated heterocycles. The summed E-state index contributed by atoms with van der Waals surface area (Å²) in [5, 5.41) is 2.65. The molecule has 7 aromatic rings. The van der Waals surface area contributed by atoms with Crippen LogP contribution in [0.5, 0.6) is 0 Å². The number of nitrogens with zero attached hydrogens (tertiary/aromatic N) is 5. The minimum Gasteiger partial charge on any atom is -0.350 e. The number of imidazole rings is 2. The summed E-state index contributed by atoms with van der Waals surface area (Å²) in [4.78, 5) is 11.4. The summed E-state index contributed by atoms with van der Waals surface area (Å²) in [6.45, 7) is 0. The molecule has 40 heavy (non-hydrogen) atoms. The summed E-state index contributed by atoms with van der Waals surface area (Å²) in [5.74, 6) is -1.79. The van der Waals surface area contributed by atoms with Crippen molar-refractivity contribution in [2.75, 3.05) is 0 Å². The van der Waals surface area contributed by atoms with Gasteiger partial charge in [0.2, 0.25) is 0 Å². The van der Waals surface area contributed by atoms with E-state index in [1.54, 1.807) is 17.8 Å². The molecular weight excluding hydrogens is 705 g/mol. The number of thiophene rings is 1.